The van der Waals surface area contributed by atoms with Crippen LogP contribution in [0.3, 0.4) is 0 Å². The van der Waals surface area contributed by atoms with Gasteiger partial charge in [0.25, 0.3) is 0 Å². The van der Waals surface area contributed by atoms with E-state index in [4.69, 9.17) is 5.73 Å². The highest BCUT2D eigenvalue weighted by molar-refractivity contribution is 5.78. The fourth-order valence-corrected chi connectivity index (χ4v) is 2.32. The minimum Gasteiger partial charge on any atom is -0.355 e. The largest absolute Gasteiger partial charge is 0.355 e. The zero-order chi connectivity index (χ0) is 12.3. The lowest BCUT2D eigenvalue weighted by atomic mass is 9.77. The van der Waals surface area contributed by atoms with Crippen LogP contribution in [-0.2, 0) is 11.2 Å². The summed E-state index contributed by atoms with van der Waals surface area (Å²) >= 11 is 0. The molecule has 0 heterocycles. The maximum Gasteiger partial charge on any atom is 0.222 e. The van der Waals surface area contributed by atoms with Crippen LogP contribution in [0.5, 0.6) is 0 Å². The van der Waals surface area contributed by atoms with Gasteiger partial charge in [0.05, 0.1) is 0 Å². The topological polar surface area (TPSA) is 55.1 Å². The number of rotatable bonds is 5. The van der Waals surface area contributed by atoms with Crippen molar-refractivity contribution in [2.75, 3.05) is 13.1 Å². The zero-order valence-electron chi connectivity index (χ0n) is 10.3. The molecule has 3 N–H and O–H groups in total. The van der Waals surface area contributed by atoms with Crippen LogP contribution in [0.1, 0.15) is 30.4 Å². The summed E-state index contributed by atoms with van der Waals surface area (Å²) in [5.74, 6) is 0.648. The van der Waals surface area contributed by atoms with E-state index >= 15 is 0 Å². The highest BCUT2D eigenvalue weighted by Crippen LogP contribution is 2.33. The number of benzene rings is 1. The van der Waals surface area contributed by atoms with E-state index in [2.05, 4.69) is 29.6 Å². The average molecular weight is 232 g/mol. The number of nitrogens with two attached hydrogens (primary N) is 1. The van der Waals surface area contributed by atoms with Crippen LogP contribution in [-0.4, -0.2) is 19.0 Å². The number of carbonyl (C=O) groups is 1. The van der Waals surface area contributed by atoms with Crippen LogP contribution in [0.15, 0.2) is 24.3 Å². The van der Waals surface area contributed by atoms with Crippen LogP contribution in [0.25, 0.3) is 0 Å². The van der Waals surface area contributed by atoms with Crippen LogP contribution >= 0.6 is 0 Å². The lowest BCUT2D eigenvalue weighted by Crippen LogP contribution is -2.36. The van der Waals surface area contributed by atoms with Crippen molar-refractivity contribution in [3.8, 4) is 0 Å². The van der Waals surface area contributed by atoms with E-state index in [1.165, 1.54) is 11.1 Å². The summed E-state index contributed by atoms with van der Waals surface area (Å²) in [6, 6.07) is 8.44. The summed E-state index contributed by atoms with van der Waals surface area (Å²) in [5.41, 5.74) is 8.25. The second-order valence-corrected chi connectivity index (χ2v) is 4.82. The molecule has 3 heteroatoms. The average Bonchev–Trinajstić information content (AvgIpc) is 2.30. The normalized spacial score (nSPS) is 19.1. The van der Waals surface area contributed by atoms with E-state index in [0.29, 0.717) is 12.5 Å². The lowest BCUT2D eigenvalue weighted by molar-refractivity contribution is -0.124. The number of hydrogen-bond acceptors (Lipinski definition) is 2. The molecule has 0 aliphatic heterocycles. The van der Waals surface area contributed by atoms with Crippen molar-refractivity contribution >= 4 is 5.91 Å². The first-order valence-corrected chi connectivity index (χ1v) is 6.28. The Labute approximate surface area is 102 Å². The number of fused-ring (bicyclic) bond motifs is 1. The van der Waals surface area contributed by atoms with Crippen molar-refractivity contribution in [2.24, 2.45) is 11.7 Å². The Morgan fingerprint density at radius 3 is 3.00 bits per heavy atom. The smallest absolute Gasteiger partial charge is 0.222 e. The minimum absolute atomic E-state index is 0.0234. The number of nitrogens with one attached hydrogen (secondary N) is 1. The van der Waals surface area contributed by atoms with E-state index in [-0.39, 0.29) is 11.8 Å². The van der Waals surface area contributed by atoms with Crippen molar-refractivity contribution in [2.45, 2.75) is 25.7 Å². The van der Waals surface area contributed by atoms with Gasteiger partial charge >= 0.3 is 0 Å². The van der Waals surface area contributed by atoms with Crippen molar-refractivity contribution in [3.63, 3.8) is 0 Å². The monoisotopic (exact) mass is 232 g/mol. The predicted octanol–water partition coefficient (Wildman–Crippen LogP) is 1.43. The van der Waals surface area contributed by atoms with Crippen molar-refractivity contribution < 1.29 is 4.79 Å². The Morgan fingerprint density at radius 2 is 2.29 bits per heavy atom. The Morgan fingerprint density at radius 1 is 1.53 bits per heavy atom. The summed E-state index contributed by atoms with van der Waals surface area (Å²) in [6.07, 6.45) is 1.84. The molecule has 0 aromatic heterocycles. The Hall–Kier alpha value is -1.35. The minimum atomic E-state index is 0.0234. The highest BCUT2D eigenvalue weighted by Gasteiger charge is 2.25. The standard InChI is InChI=1S/C14H20N2O/c1-10(6-7-15)14(17)16-9-12-8-11-4-2-3-5-13(11)12/h2-5,10,12H,6-9,15H2,1H3,(H,16,17). The number of hydrogen-bond donors (Lipinski definition) is 2. The molecule has 92 valence electrons. The summed E-state index contributed by atoms with van der Waals surface area (Å²) in [4.78, 5) is 11.7. The van der Waals surface area contributed by atoms with E-state index < -0.39 is 0 Å². The number of carbonyl (C=O) groups excluding carboxylic acids is 1. The third kappa shape index (κ3) is 2.67. The molecule has 2 unspecified atom stereocenters. The summed E-state index contributed by atoms with van der Waals surface area (Å²) < 4.78 is 0. The maximum absolute atomic E-state index is 11.7. The SMILES string of the molecule is CC(CCN)C(=O)NCC1Cc2ccccc21. The first kappa shape index (κ1) is 12.1. The summed E-state index contributed by atoms with van der Waals surface area (Å²) in [6.45, 7) is 3.25. The van der Waals surface area contributed by atoms with E-state index in [0.717, 1.165) is 19.4 Å². The van der Waals surface area contributed by atoms with Gasteiger partial charge in [0, 0.05) is 18.4 Å². The van der Waals surface area contributed by atoms with Gasteiger partial charge in [0.1, 0.15) is 0 Å². The fraction of sp³-hybridized carbons (Fsp3) is 0.500. The second-order valence-electron chi connectivity index (χ2n) is 4.82. The molecule has 2 atom stereocenters. The Bertz CT molecular complexity index is 403. The van der Waals surface area contributed by atoms with Crippen molar-refractivity contribution in [1.82, 2.24) is 5.32 Å². The van der Waals surface area contributed by atoms with Crippen molar-refractivity contribution in [1.29, 1.82) is 0 Å². The van der Waals surface area contributed by atoms with Gasteiger partial charge in [-0.2, -0.15) is 0 Å². The van der Waals surface area contributed by atoms with Gasteiger partial charge in [-0.25, -0.2) is 0 Å². The second kappa shape index (κ2) is 5.32. The molecule has 0 bridgehead atoms. The van der Waals surface area contributed by atoms with Gasteiger partial charge in [-0.1, -0.05) is 31.2 Å². The predicted molar refractivity (Wildman–Crippen MR) is 68.7 cm³/mol. The van der Waals surface area contributed by atoms with Gasteiger partial charge in [0.2, 0.25) is 5.91 Å². The maximum atomic E-state index is 11.7. The molecule has 1 aliphatic rings. The van der Waals surface area contributed by atoms with E-state index in [1.807, 2.05) is 6.92 Å². The van der Waals surface area contributed by atoms with Crippen molar-refractivity contribution in [3.05, 3.63) is 35.4 Å². The van der Waals surface area contributed by atoms with Crippen LogP contribution < -0.4 is 11.1 Å². The lowest BCUT2D eigenvalue weighted by Gasteiger charge is -2.30. The molecule has 1 aliphatic carbocycles. The van der Waals surface area contributed by atoms with Crippen LogP contribution in [0.4, 0.5) is 0 Å². The molecular weight excluding hydrogens is 212 g/mol. The molecule has 3 nitrogen and oxygen atoms in total. The molecule has 2 rings (SSSR count). The van der Waals surface area contributed by atoms with Gasteiger partial charge in [-0.05, 0) is 30.5 Å². The number of amides is 1. The molecule has 0 spiro atoms. The molecule has 0 fully saturated rings. The quantitative estimate of drug-likeness (QED) is 0.807. The molecule has 17 heavy (non-hydrogen) atoms. The molecule has 1 aromatic carbocycles. The third-order valence-corrected chi connectivity index (χ3v) is 3.53. The van der Waals surface area contributed by atoms with Gasteiger partial charge < -0.3 is 11.1 Å². The highest BCUT2D eigenvalue weighted by atomic mass is 16.1. The van der Waals surface area contributed by atoms with E-state index in [1.54, 1.807) is 0 Å². The summed E-state index contributed by atoms with van der Waals surface area (Å²) in [7, 11) is 0. The van der Waals surface area contributed by atoms with Gasteiger partial charge in [-0.3, -0.25) is 4.79 Å². The molecule has 0 saturated heterocycles. The van der Waals surface area contributed by atoms with Gasteiger partial charge in [0.15, 0.2) is 0 Å². The third-order valence-electron chi connectivity index (χ3n) is 3.53. The first-order valence-electron chi connectivity index (χ1n) is 6.28. The zero-order valence-corrected chi connectivity index (χ0v) is 10.3. The Kier molecular flexibility index (Phi) is 3.79. The molecule has 0 radical (unpaired) electrons. The Balaban J connectivity index is 1.80. The van der Waals surface area contributed by atoms with Crippen LogP contribution in [0, 0.1) is 5.92 Å². The first-order chi connectivity index (χ1) is 8.22. The van der Waals surface area contributed by atoms with E-state index in [9.17, 15) is 4.79 Å². The van der Waals surface area contributed by atoms with Crippen LogP contribution in [0.2, 0.25) is 0 Å². The molecule has 0 saturated carbocycles. The fourth-order valence-electron chi connectivity index (χ4n) is 2.32. The molecule has 1 amide bonds. The molecular formula is C14H20N2O. The molecule has 1 aromatic rings. The summed E-state index contributed by atoms with van der Waals surface area (Å²) in [5, 5.41) is 3.02. The van der Waals surface area contributed by atoms with Gasteiger partial charge in [-0.15, -0.1) is 0 Å².